The van der Waals surface area contributed by atoms with Crippen LogP contribution in [0.5, 0.6) is 0 Å². The number of nitrogen functional groups attached to an aromatic ring is 1. The molecule has 0 aliphatic carbocycles. The molecule has 4 aromatic rings. The van der Waals surface area contributed by atoms with Crippen LogP contribution in [-0.4, -0.2) is 29.8 Å². The lowest BCUT2D eigenvalue weighted by atomic mass is 10.0. The summed E-state index contributed by atoms with van der Waals surface area (Å²) in [7, 11) is 1.94. The molecule has 0 bridgehead atoms. The Morgan fingerprint density at radius 1 is 1.21 bits per heavy atom. The van der Waals surface area contributed by atoms with E-state index in [1.54, 1.807) is 12.5 Å². The van der Waals surface area contributed by atoms with E-state index in [1.165, 1.54) is 0 Å². The van der Waals surface area contributed by atoms with Gasteiger partial charge >= 0.3 is 0 Å². The van der Waals surface area contributed by atoms with E-state index in [0.29, 0.717) is 23.3 Å². The van der Waals surface area contributed by atoms with Gasteiger partial charge in [-0.3, -0.25) is 4.98 Å². The number of imidazole rings is 1. The summed E-state index contributed by atoms with van der Waals surface area (Å²) in [5.41, 5.74) is 12.0. The predicted molar refractivity (Wildman–Crippen MR) is 88.0 cm³/mol. The molecule has 2 N–H and O–H groups in total. The first-order valence-electron chi connectivity index (χ1n) is 7.43. The lowest BCUT2D eigenvalue weighted by molar-refractivity contribution is 0.315. The van der Waals surface area contributed by atoms with Gasteiger partial charge in [0, 0.05) is 30.4 Å². The first-order chi connectivity index (χ1) is 11.6. The molecule has 4 rings (SSSR count). The summed E-state index contributed by atoms with van der Waals surface area (Å²) in [4.78, 5) is 13.2. The Morgan fingerprint density at radius 3 is 2.88 bits per heavy atom. The summed E-state index contributed by atoms with van der Waals surface area (Å²) in [5, 5.41) is 7.57. The summed E-state index contributed by atoms with van der Waals surface area (Å²) < 4.78 is 6.65. The van der Waals surface area contributed by atoms with Crippen molar-refractivity contribution in [1.82, 2.24) is 29.8 Å². The topological polar surface area (TPSA) is 109 Å². The van der Waals surface area contributed by atoms with E-state index in [4.69, 9.17) is 15.3 Å². The Balaban J connectivity index is 1.75. The molecule has 0 saturated heterocycles. The second-order valence-electron chi connectivity index (χ2n) is 5.61. The number of nitrogens with two attached hydrogens (primary N) is 1. The number of aromatic nitrogens is 6. The van der Waals surface area contributed by atoms with Crippen LogP contribution in [0.3, 0.4) is 0 Å². The number of hydrogen-bond acceptors (Lipinski definition) is 7. The smallest absolute Gasteiger partial charge is 0.226 e. The van der Waals surface area contributed by atoms with E-state index >= 15 is 0 Å². The van der Waals surface area contributed by atoms with Gasteiger partial charge in [0.1, 0.15) is 0 Å². The molecule has 8 heteroatoms. The predicted octanol–water partition coefficient (Wildman–Crippen LogP) is 1.89. The van der Waals surface area contributed by atoms with Gasteiger partial charge in [0.25, 0.3) is 0 Å². The molecule has 8 nitrogen and oxygen atoms in total. The molecule has 0 fully saturated rings. The Morgan fingerprint density at radius 2 is 2.08 bits per heavy atom. The number of rotatable bonds is 3. The fourth-order valence-electron chi connectivity index (χ4n) is 2.72. The molecule has 24 heavy (non-hydrogen) atoms. The highest BCUT2D eigenvalue weighted by molar-refractivity contribution is 5.85. The lowest BCUT2D eigenvalue weighted by Crippen LogP contribution is -2.04. The van der Waals surface area contributed by atoms with Crippen LogP contribution >= 0.6 is 0 Å². The minimum absolute atomic E-state index is 0.422. The van der Waals surface area contributed by atoms with Gasteiger partial charge in [0.2, 0.25) is 5.65 Å². The Labute approximate surface area is 137 Å². The van der Waals surface area contributed by atoms with Crippen molar-refractivity contribution in [2.45, 2.75) is 13.3 Å². The SMILES string of the molecule is Cc1nc2nonc2c(N)c1Cc1cccc(-c2cncn2C)n1. The van der Waals surface area contributed by atoms with Crippen LogP contribution in [0.1, 0.15) is 17.0 Å². The number of aryl methyl sites for hydroxylation is 2. The Bertz CT molecular complexity index is 1030. The van der Waals surface area contributed by atoms with Crippen LogP contribution in [0.4, 0.5) is 5.69 Å². The van der Waals surface area contributed by atoms with Crippen molar-refractivity contribution in [2.75, 3.05) is 5.73 Å². The molecular weight excluding hydrogens is 306 g/mol. The van der Waals surface area contributed by atoms with Gasteiger partial charge in [-0.15, -0.1) is 0 Å². The van der Waals surface area contributed by atoms with Crippen LogP contribution in [0.25, 0.3) is 22.6 Å². The van der Waals surface area contributed by atoms with Crippen molar-refractivity contribution in [1.29, 1.82) is 0 Å². The average molecular weight is 321 g/mol. The van der Waals surface area contributed by atoms with Gasteiger partial charge in [-0.2, -0.15) is 0 Å². The minimum atomic E-state index is 0.422. The van der Waals surface area contributed by atoms with E-state index < -0.39 is 0 Å². The number of nitrogens with zero attached hydrogens (tertiary/aromatic N) is 6. The third-order valence-electron chi connectivity index (χ3n) is 4.01. The zero-order chi connectivity index (χ0) is 16.7. The lowest BCUT2D eigenvalue weighted by Gasteiger charge is -2.09. The van der Waals surface area contributed by atoms with Crippen LogP contribution in [0.15, 0.2) is 35.4 Å². The second kappa shape index (κ2) is 5.41. The molecule has 0 unspecified atom stereocenters. The van der Waals surface area contributed by atoms with Gasteiger partial charge in [0.05, 0.1) is 29.6 Å². The molecule has 0 aromatic carbocycles. The van der Waals surface area contributed by atoms with E-state index in [0.717, 1.165) is 28.3 Å². The molecular formula is C16H15N7O. The first-order valence-corrected chi connectivity index (χ1v) is 7.43. The maximum atomic E-state index is 6.22. The monoisotopic (exact) mass is 321 g/mol. The molecule has 0 spiro atoms. The van der Waals surface area contributed by atoms with E-state index in [9.17, 15) is 0 Å². The summed E-state index contributed by atoms with van der Waals surface area (Å²) in [6.07, 6.45) is 4.10. The average Bonchev–Trinajstić information content (AvgIpc) is 3.20. The molecule has 0 amide bonds. The summed E-state index contributed by atoms with van der Waals surface area (Å²) in [6, 6.07) is 5.89. The van der Waals surface area contributed by atoms with Crippen molar-refractivity contribution < 1.29 is 4.63 Å². The van der Waals surface area contributed by atoms with Gasteiger partial charge < -0.3 is 10.3 Å². The molecule has 0 atom stereocenters. The van der Waals surface area contributed by atoms with Crippen LogP contribution in [0.2, 0.25) is 0 Å². The third kappa shape index (κ3) is 2.28. The highest BCUT2D eigenvalue weighted by Crippen LogP contribution is 2.26. The fraction of sp³-hybridized carbons (Fsp3) is 0.188. The number of fused-ring (bicyclic) bond motifs is 1. The molecule has 0 saturated carbocycles. The zero-order valence-electron chi connectivity index (χ0n) is 13.3. The van der Waals surface area contributed by atoms with Crippen LogP contribution in [-0.2, 0) is 13.5 Å². The van der Waals surface area contributed by atoms with Crippen LogP contribution < -0.4 is 5.73 Å². The molecule has 0 aliphatic rings. The van der Waals surface area contributed by atoms with Crippen molar-refractivity contribution >= 4 is 16.9 Å². The summed E-state index contributed by atoms with van der Waals surface area (Å²) in [5.74, 6) is 0. The molecule has 0 radical (unpaired) electrons. The Kier molecular flexibility index (Phi) is 3.23. The molecule has 4 aromatic heterocycles. The maximum Gasteiger partial charge on any atom is 0.226 e. The Hall–Kier alpha value is -3.29. The minimum Gasteiger partial charge on any atom is -0.396 e. The van der Waals surface area contributed by atoms with E-state index in [-0.39, 0.29) is 0 Å². The van der Waals surface area contributed by atoms with Gasteiger partial charge in [-0.25, -0.2) is 14.6 Å². The second-order valence-corrected chi connectivity index (χ2v) is 5.61. The van der Waals surface area contributed by atoms with Gasteiger partial charge in [0.15, 0.2) is 5.52 Å². The van der Waals surface area contributed by atoms with Gasteiger partial charge in [-0.1, -0.05) is 6.07 Å². The standard InChI is InChI=1S/C16H15N7O/c1-9-11(14(17)15-16(19-9)22-24-21-15)6-10-4-3-5-12(20-10)13-7-18-8-23(13)2/h3-5,7-8H,6,17H2,1-2H3. The van der Waals surface area contributed by atoms with Crippen LogP contribution in [0, 0.1) is 6.92 Å². The summed E-state index contributed by atoms with van der Waals surface area (Å²) in [6.45, 7) is 1.89. The number of pyridine rings is 2. The van der Waals surface area contributed by atoms with Crippen molar-refractivity contribution in [3.63, 3.8) is 0 Å². The van der Waals surface area contributed by atoms with Gasteiger partial charge in [-0.05, 0) is 29.4 Å². The van der Waals surface area contributed by atoms with E-state index in [1.807, 2.05) is 36.7 Å². The van der Waals surface area contributed by atoms with Crippen molar-refractivity contribution in [3.8, 4) is 11.4 Å². The first kappa shape index (κ1) is 14.3. The zero-order valence-corrected chi connectivity index (χ0v) is 13.3. The maximum absolute atomic E-state index is 6.22. The fourth-order valence-corrected chi connectivity index (χ4v) is 2.72. The highest BCUT2D eigenvalue weighted by Gasteiger charge is 2.15. The van der Waals surface area contributed by atoms with E-state index in [2.05, 4.69) is 20.3 Å². The highest BCUT2D eigenvalue weighted by atomic mass is 16.6. The molecule has 0 aliphatic heterocycles. The van der Waals surface area contributed by atoms with Crippen molar-refractivity contribution in [2.24, 2.45) is 7.05 Å². The molecule has 120 valence electrons. The largest absolute Gasteiger partial charge is 0.396 e. The molecule has 4 heterocycles. The quantitative estimate of drug-likeness (QED) is 0.613. The number of anilines is 1. The summed E-state index contributed by atoms with van der Waals surface area (Å²) >= 11 is 0. The van der Waals surface area contributed by atoms with Crippen molar-refractivity contribution in [3.05, 3.63) is 47.7 Å². The third-order valence-corrected chi connectivity index (χ3v) is 4.01. The normalized spacial score (nSPS) is 11.2. The number of hydrogen-bond donors (Lipinski definition) is 1.